The van der Waals surface area contributed by atoms with Gasteiger partial charge in [-0.05, 0) is 26.0 Å². The average Bonchev–Trinajstić information content (AvgIpc) is 2.92. The highest BCUT2D eigenvalue weighted by Crippen LogP contribution is 2.27. The summed E-state index contributed by atoms with van der Waals surface area (Å²) in [5.74, 6) is -0.960. The van der Waals surface area contributed by atoms with E-state index in [4.69, 9.17) is 0 Å². The fourth-order valence-electron chi connectivity index (χ4n) is 1.56. The van der Waals surface area contributed by atoms with Crippen molar-refractivity contribution in [2.75, 3.05) is 7.05 Å². The van der Waals surface area contributed by atoms with Gasteiger partial charge in [-0.15, -0.1) is 0 Å². The summed E-state index contributed by atoms with van der Waals surface area (Å²) >= 11 is 0. The van der Waals surface area contributed by atoms with E-state index >= 15 is 0 Å². The van der Waals surface area contributed by atoms with Gasteiger partial charge in [0.15, 0.2) is 0 Å². The normalized spacial score (nSPS) is 16.3. The van der Waals surface area contributed by atoms with Gasteiger partial charge in [-0.1, -0.05) is 6.07 Å². The molecule has 0 heterocycles. The van der Waals surface area contributed by atoms with E-state index in [-0.39, 0.29) is 0 Å². The molecule has 0 aromatic heterocycles. The molecule has 1 aromatic carbocycles. The van der Waals surface area contributed by atoms with Gasteiger partial charge in [0.1, 0.15) is 11.6 Å². The SMILES string of the molecule is CN(Cc1ccc(F)cc1F)C1CC1. The van der Waals surface area contributed by atoms with E-state index < -0.39 is 11.6 Å². The first-order valence-corrected chi connectivity index (χ1v) is 4.81. The Kier molecular flexibility index (Phi) is 2.50. The molecule has 2 rings (SSSR count). The minimum absolute atomic E-state index is 0.447. The Morgan fingerprint density at radius 2 is 2.07 bits per heavy atom. The van der Waals surface area contributed by atoms with Crippen molar-refractivity contribution in [2.45, 2.75) is 25.4 Å². The van der Waals surface area contributed by atoms with Gasteiger partial charge in [0.05, 0.1) is 0 Å². The second-order valence-corrected chi connectivity index (χ2v) is 3.88. The average molecular weight is 197 g/mol. The molecule has 0 spiro atoms. The molecular formula is C11H13F2N. The number of halogens is 2. The van der Waals surface area contributed by atoms with Crippen LogP contribution in [0.3, 0.4) is 0 Å². The monoisotopic (exact) mass is 197 g/mol. The molecule has 1 aliphatic carbocycles. The number of nitrogens with zero attached hydrogens (tertiary/aromatic N) is 1. The van der Waals surface area contributed by atoms with E-state index in [9.17, 15) is 8.78 Å². The number of benzene rings is 1. The third-order valence-electron chi connectivity index (χ3n) is 2.61. The second kappa shape index (κ2) is 3.65. The van der Waals surface area contributed by atoms with Crippen molar-refractivity contribution in [3.63, 3.8) is 0 Å². The van der Waals surface area contributed by atoms with E-state index in [0.717, 1.165) is 6.07 Å². The van der Waals surface area contributed by atoms with E-state index in [1.54, 1.807) is 0 Å². The highest BCUT2D eigenvalue weighted by Gasteiger charge is 2.26. The molecule has 14 heavy (non-hydrogen) atoms. The predicted molar refractivity (Wildman–Crippen MR) is 50.8 cm³/mol. The molecule has 1 aromatic rings. The van der Waals surface area contributed by atoms with Crippen LogP contribution in [0, 0.1) is 11.6 Å². The summed E-state index contributed by atoms with van der Waals surface area (Å²) in [7, 11) is 1.97. The maximum absolute atomic E-state index is 13.2. The minimum Gasteiger partial charge on any atom is -0.299 e. The molecule has 0 N–H and O–H groups in total. The molecule has 3 heteroatoms. The van der Waals surface area contributed by atoms with E-state index in [0.29, 0.717) is 18.2 Å². The van der Waals surface area contributed by atoms with E-state index in [1.165, 1.54) is 25.0 Å². The maximum atomic E-state index is 13.2. The predicted octanol–water partition coefficient (Wildman–Crippen LogP) is 2.56. The largest absolute Gasteiger partial charge is 0.299 e. The van der Waals surface area contributed by atoms with Crippen LogP contribution >= 0.6 is 0 Å². The lowest BCUT2D eigenvalue weighted by molar-refractivity contribution is 0.310. The molecular weight excluding hydrogens is 184 g/mol. The fraction of sp³-hybridized carbons (Fsp3) is 0.455. The van der Waals surface area contributed by atoms with E-state index in [2.05, 4.69) is 4.90 Å². The van der Waals surface area contributed by atoms with Gasteiger partial charge < -0.3 is 0 Å². The molecule has 0 saturated heterocycles. The fourth-order valence-corrected chi connectivity index (χ4v) is 1.56. The van der Waals surface area contributed by atoms with Gasteiger partial charge in [0, 0.05) is 24.2 Å². The molecule has 0 radical (unpaired) electrons. The van der Waals surface area contributed by atoms with Crippen molar-refractivity contribution in [3.8, 4) is 0 Å². The van der Waals surface area contributed by atoms with Gasteiger partial charge in [-0.2, -0.15) is 0 Å². The minimum atomic E-state index is -0.514. The summed E-state index contributed by atoms with van der Waals surface area (Å²) in [6, 6.07) is 4.36. The van der Waals surface area contributed by atoms with Crippen LogP contribution in [0.5, 0.6) is 0 Å². The summed E-state index contributed by atoms with van der Waals surface area (Å²) in [5.41, 5.74) is 0.570. The molecule has 0 unspecified atom stereocenters. The summed E-state index contributed by atoms with van der Waals surface area (Å²) < 4.78 is 25.8. The maximum Gasteiger partial charge on any atom is 0.130 e. The van der Waals surface area contributed by atoms with Crippen molar-refractivity contribution in [1.82, 2.24) is 4.90 Å². The Hall–Kier alpha value is -0.960. The third-order valence-corrected chi connectivity index (χ3v) is 2.61. The molecule has 0 bridgehead atoms. The van der Waals surface area contributed by atoms with Crippen LogP contribution in [-0.4, -0.2) is 18.0 Å². The number of hydrogen-bond donors (Lipinski definition) is 0. The Balaban J connectivity index is 2.07. The van der Waals surface area contributed by atoms with Gasteiger partial charge >= 0.3 is 0 Å². The summed E-state index contributed by atoms with van der Waals surface area (Å²) in [6.45, 7) is 0.566. The standard InChI is InChI=1S/C11H13F2N/c1-14(10-4-5-10)7-8-2-3-9(12)6-11(8)13/h2-3,6,10H,4-5,7H2,1H3. The van der Waals surface area contributed by atoms with Crippen LogP contribution in [0.25, 0.3) is 0 Å². The first-order chi connectivity index (χ1) is 6.66. The highest BCUT2D eigenvalue weighted by molar-refractivity contribution is 5.18. The molecule has 0 aliphatic heterocycles. The molecule has 76 valence electrons. The van der Waals surface area contributed by atoms with Gasteiger partial charge in [0.25, 0.3) is 0 Å². The van der Waals surface area contributed by atoms with Crippen LogP contribution in [0.15, 0.2) is 18.2 Å². The smallest absolute Gasteiger partial charge is 0.130 e. The van der Waals surface area contributed by atoms with Crippen molar-refractivity contribution >= 4 is 0 Å². The molecule has 1 aliphatic rings. The van der Waals surface area contributed by atoms with Crippen molar-refractivity contribution in [3.05, 3.63) is 35.4 Å². The number of hydrogen-bond acceptors (Lipinski definition) is 1. The lowest BCUT2D eigenvalue weighted by atomic mass is 10.2. The molecule has 1 fully saturated rings. The van der Waals surface area contributed by atoms with Crippen molar-refractivity contribution in [2.24, 2.45) is 0 Å². The quantitative estimate of drug-likeness (QED) is 0.719. The van der Waals surface area contributed by atoms with Crippen molar-refractivity contribution in [1.29, 1.82) is 0 Å². The zero-order chi connectivity index (χ0) is 10.1. The highest BCUT2D eigenvalue weighted by atomic mass is 19.1. The molecule has 1 saturated carbocycles. The first kappa shape index (κ1) is 9.59. The van der Waals surface area contributed by atoms with Gasteiger partial charge in [-0.3, -0.25) is 4.90 Å². The van der Waals surface area contributed by atoms with Crippen molar-refractivity contribution < 1.29 is 8.78 Å². The van der Waals surface area contributed by atoms with Gasteiger partial charge in [-0.25, -0.2) is 8.78 Å². The number of rotatable bonds is 3. The van der Waals surface area contributed by atoms with Crippen LogP contribution in [0.1, 0.15) is 18.4 Å². The Morgan fingerprint density at radius 3 is 2.64 bits per heavy atom. The third kappa shape index (κ3) is 2.10. The second-order valence-electron chi connectivity index (χ2n) is 3.88. The zero-order valence-electron chi connectivity index (χ0n) is 8.13. The first-order valence-electron chi connectivity index (χ1n) is 4.81. The topological polar surface area (TPSA) is 3.24 Å². The van der Waals surface area contributed by atoms with Crippen LogP contribution in [0.4, 0.5) is 8.78 Å². The van der Waals surface area contributed by atoms with Gasteiger partial charge in [0.2, 0.25) is 0 Å². The van der Waals surface area contributed by atoms with Crippen LogP contribution < -0.4 is 0 Å². The van der Waals surface area contributed by atoms with Crippen LogP contribution in [-0.2, 0) is 6.54 Å². The Morgan fingerprint density at radius 1 is 1.36 bits per heavy atom. The summed E-state index contributed by atoms with van der Waals surface area (Å²) in [4.78, 5) is 2.11. The lowest BCUT2D eigenvalue weighted by Crippen LogP contribution is -2.20. The Bertz CT molecular complexity index is 334. The zero-order valence-corrected chi connectivity index (χ0v) is 8.13. The summed E-state index contributed by atoms with van der Waals surface area (Å²) in [6.07, 6.45) is 2.39. The molecule has 0 amide bonds. The van der Waals surface area contributed by atoms with Crippen LogP contribution in [0.2, 0.25) is 0 Å². The lowest BCUT2D eigenvalue weighted by Gasteiger charge is -2.15. The Labute approximate surface area is 82.3 Å². The summed E-state index contributed by atoms with van der Waals surface area (Å²) in [5, 5.41) is 0. The molecule has 0 atom stereocenters. The van der Waals surface area contributed by atoms with E-state index in [1.807, 2.05) is 7.05 Å². The molecule has 1 nitrogen and oxygen atoms in total.